The molecule has 1 unspecified atom stereocenters. The summed E-state index contributed by atoms with van der Waals surface area (Å²) in [5.74, 6) is 2.43. The summed E-state index contributed by atoms with van der Waals surface area (Å²) in [5, 5.41) is 23.9. The third kappa shape index (κ3) is 7.38. The van der Waals surface area contributed by atoms with Crippen LogP contribution in [0.4, 0.5) is 5.69 Å². The van der Waals surface area contributed by atoms with Crippen LogP contribution in [0.2, 0.25) is 0 Å². The van der Waals surface area contributed by atoms with Gasteiger partial charge in [0, 0.05) is 5.69 Å². The topological polar surface area (TPSA) is 118 Å². The van der Waals surface area contributed by atoms with Crippen molar-refractivity contribution < 1.29 is 14.3 Å². The molecule has 0 spiro atoms. The number of carbonyl (C=O) groups excluding carboxylic acids is 1. The number of tetrazole rings is 1. The summed E-state index contributed by atoms with van der Waals surface area (Å²) in [5.41, 5.74) is 1.72. The second-order valence-corrected chi connectivity index (χ2v) is 8.71. The van der Waals surface area contributed by atoms with Gasteiger partial charge in [0.15, 0.2) is 5.82 Å². The molecule has 0 aliphatic heterocycles. The maximum absolute atomic E-state index is 12.9. The summed E-state index contributed by atoms with van der Waals surface area (Å²) in [4.78, 5) is 14.7. The van der Waals surface area contributed by atoms with E-state index in [2.05, 4.69) is 26.9 Å². The molecule has 10 nitrogen and oxygen atoms in total. The van der Waals surface area contributed by atoms with Crippen molar-refractivity contribution in [1.29, 1.82) is 5.26 Å². The maximum Gasteiger partial charge on any atom is 0.238 e. The number of nitriles is 1. The fourth-order valence-corrected chi connectivity index (χ4v) is 3.81. The van der Waals surface area contributed by atoms with Gasteiger partial charge in [-0.15, -0.1) is 5.10 Å². The van der Waals surface area contributed by atoms with Crippen molar-refractivity contribution in [3.05, 3.63) is 90.3 Å². The van der Waals surface area contributed by atoms with Crippen LogP contribution in [-0.2, 0) is 11.3 Å². The molecule has 38 heavy (non-hydrogen) atoms. The highest BCUT2D eigenvalue weighted by Crippen LogP contribution is 2.23. The molecule has 0 saturated carbocycles. The first-order valence-electron chi connectivity index (χ1n) is 12.2. The number of hydrogen-bond acceptors (Lipinski definition) is 8. The molecule has 0 radical (unpaired) electrons. The van der Waals surface area contributed by atoms with Crippen LogP contribution in [0.15, 0.2) is 78.9 Å². The highest BCUT2D eigenvalue weighted by molar-refractivity contribution is 5.92. The van der Waals surface area contributed by atoms with Crippen LogP contribution in [-0.4, -0.2) is 51.2 Å². The molecular formula is C28H29N7O3. The van der Waals surface area contributed by atoms with Gasteiger partial charge in [-0.25, -0.2) is 4.68 Å². The van der Waals surface area contributed by atoms with E-state index in [4.69, 9.17) is 14.7 Å². The molecule has 0 bridgehead atoms. The normalized spacial score (nSPS) is 11.5. The van der Waals surface area contributed by atoms with E-state index < -0.39 is 6.04 Å². The van der Waals surface area contributed by atoms with E-state index in [0.717, 1.165) is 11.3 Å². The van der Waals surface area contributed by atoms with E-state index in [1.165, 1.54) is 0 Å². The predicted octanol–water partition coefficient (Wildman–Crippen LogP) is 4.38. The Morgan fingerprint density at radius 3 is 2.53 bits per heavy atom. The monoisotopic (exact) mass is 511 g/mol. The van der Waals surface area contributed by atoms with Crippen molar-refractivity contribution in [2.45, 2.75) is 25.9 Å². The molecule has 1 heterocycles. The van der Waals surface area contributed by atoms with Gasteiger partial charge in [0.25, 0.3) is 0 Å². The third-order valence-electron chi connectivity index (χ3n) is 5.73. The Morgan fingerprint density at radius 1 is 1.05 bits per heavy atom. The van der Waals surface area contributed by atoms with E-state index in [1.54, 1.807) is 28.9 Å². The first-order valence-corrected chi connectivity index (χ1v) is 12.2. The summed E-state index contributed by atoms with van der Waals surface area (Å²) < 4.78 is 13.4. The summed E-state index contributed by atoms with van der Waals surface area (Å²) in [6.07, 6.45) is 0.262. The molecule has 0 saturated heterocycles. The molecule has 0 fully saturated rings. The summed E-state index contributed by atoms with van der Waals surface area (Å²) in [6.45, 7) is 2.61. The predicted molar refractivity (Wildman–Crippen MR) is 142 cm³/mol. The van der Waals surface area contributed by atoms with Gasteiger partial charge in [-0.1, -0.05) is 30.3 Å². The molecule has 0 aliphatic carbocycles. The molecule has 4 rings (SSSR count). The van der Waals surface area contributed by atoms with Gasteiger partial charge in [-0.2, -0.15) is 5.26 Å². The van der Waals surface area contributed by atoms with E-state index in [0.29, 0.717) is 29.6 Å². The van der Waals surface area contributed by atoms with Crippen molar-refractivity contribution >= 4 is 11.6 Å². The van der Waals surface area contributed by atoms with Gasteiger partial charge in [-0.3, -0.25) is 9.69 Å². The lowest BCUT2D eigenvalue weighted by molar-refractivity contribution is -0.117. The Kier molecular flexibility index (Phi) is 8.99. The van der Waals surface area contributed by atoms with Gasteiger partial charge < -0.3 is 14.8 Å². The van der Waals surface area contributed by atoms with Crippen LogP contribution in [0.1, 0.15) is 23.9 Å². The van der Waals surface area contributed by atoms with Crippen LogP contribution in [0, 0.1) is 18.3 Å². The number of likely N-dealkylation sites (N-methyl/N-ethyl adjacent to an activating group) is 1. The quantitative estimate of drug-likeness (QED) is 0.298. The lowest BCUT2D eigenvalue weighted by Gasteiger charge is -2.26. The highest BCUT2D eigenvalue weighted by Gasteiger charge is 2.26. The minimum atomic E-state index is -0.434. The molecule has 1 amide bonds. The van der Waals surface area contributed by atoms with Gasteiger partial charge in [-0.05, 0) is 78.5 Å². The highest BCUT2D eigenvalue weighted by atomic mass is 16.5. The Labute approximate surface area is 221 Å². The van der Waals surface area contributed by atoms with E-state index >= 15 is 0 Å². The van der Waals surface area contributed by atoms with Gasteiger partial charge in [0.05, 0.1) is 25.6 Å². The van der Waals surface area contributed by atoms with Crippen LogP contribution in [0.3, 0.4) is 0 Å². The lowest BCUT2D eigenvalue weighted by Crippen LogP contribution is -2.37. The molecule has 0 aliphatic rings. The molecule has 10 heteroatoms. The molecule has 1 aromatic heterocycles. The number of anilines is 1. The zero-order valence-electron chi connectivity index (χ0n) is 21.3. The Balaban J connectivity index is 1.41. The molecule has 3 aromatic carbocycles. The van der Waals surface area contributed by atoms with Crippen LogP contribution in [0.5, 0.6) is 17.2 Å². The zero-order valence-corrected chi connectivity index (χ0v) is 21.3. The SMILES string of the molecule is Cc1cccc(OCC(c2nnnn2CCC#N)N(C)CC(=O)Nc2ccc(Oc3ccccc3)cc2)c1. The number of para-hydroxylation sites is 1. The number of aromatic nitrogens is 4. The molecule has 1 N–H and O–H groups in total. The molecule has 4 aromatic rings. The second kappa shape index (κ2) is 13.0. The van der Waals surface area contributed by atoms with Crippen LogP contribution in [0.25, 0.3) is 0 Å². The van der Waals surface area contributed by atoms with Gasteiger partial charge >= 0.3 is 0 Å². The number of ether oxygens (including phenoxy) is 2. The van der Waals surface area contributed by atoms with Crippen LogP contribution < -0.4 is 14.8 Å². The van der Waals surface area contributed by atoms with Crippen molar-refractivity contribution in [3.8, 4) is 23.3 Å². The summed E-state index contributed by atoms with van der Waals surface area (Å²) >= 11 is 0. The third-order valence-corrected chi connectivity index (χ3v) is 5.73. The van der Waals surface area contributed by atoms with Crippen LogP contribution >= 0.6 is 0 Å². The number of benzene rings is 3. The average Bonchev–Trinajstić information content (AvgIpc) is 3.37. The minimum absolute atomic E-state index is 0.0647. The molecule has 1 atom stereocenters. The number of aryl methyl sites for hydroxylation is 2. The number of carbonyl (C=O) groups is 1. The maximum atomic E-state index is 12.9. The largest absolute Gasteiger partial charge is 0.491 e. The number of nitrogens with one attached hydrogen (secondary N) is 1. The van der Waals surface area contributed by atoms with Crippen molar-refractivity contribution in [2.24, 2.45) is 0 Å². The fraction of sp³-hybridized carbons (Fsp3) is 0.250. The van der Waals surface area contributed by atoms with Gasteiger partial charge in [0.2, 0.25) is 5.91 Å². The first-order chi connectivity index (χ1) is 18.5. The minimum Gasteiger partial charge on any atom is -0.491 e. The number of nitrogens with zero attached hydrogens (tertiary/aromatic N) is 6. The Hall–Kier alpha value is -4.75. The Bertz CT molecular complexity index is 1370. The van der Waals surface area contributed by atoms with Crippen molar-refractivity contribution in [3.63, 3.8) is 0 Å². The molecule has 194 valence electrons. The number of hydrogen-bond donors (Lipinski definition) is 1. The smallest absolute Gasteiger partial charge is 0.238 e. The fourth-order valence-electron chi connectivity index (χ4n) is 3.81. The average molecular weight is 512 g/mol. The van der Waals surface area contributed by atoms with Gasteiger partial charge in [0.1, 0.15) is 29.9 Å². The van der Waals surface area contributed by atoms with Crippen molar-refractivity contribution in [1.82, 2.24) is 25.1 Å². The lowest BCUT2D eigenvalue weighted by atomic mass is 10.2. The summed E-state index contributed by atoms with van der Waals surface area (Å²) in [7, 11) is 1.81. The van der Waals surface area contributed by atoms with E-state index in [9.17, 15) is 4.79 Å². The first kappa shape index (κ1) is 26.3. The Morgan fingerprint density at radius 2 is 1.79 bits per heavy atom. The zero-order chi connectivity index (χ0) is 26.7. The van der Waals surface area contributed by atoms with E-state index in [-0.39, 0.29) is 25.5 Å². The second-order valence-electron chi connectivity index (χ2n) is 8.71. The number of amides is 1. The van der Waals surface area contributed by atoms with Crippen molar-refractivity contribution in [2.75, 3.05) is 25.5 Å². The van der Waals surface area contributed by atoms with E-state index in [1.807, 2.05) is 73.5 Å². The molecular weight excluding hydrogens is 482 g/mol. The summed E-state index contributed by atoms with van der Waals surface area (Å²) in [6, 6.07) is 26.1. The number of rotatable bonds is 12. The standard InChI is InChI=1S/C28H29N7O3/c1-21-8-6-11-25(18-21)37-20-26(28-31-32-33-35(28)17-7-16-29)34(2)19-27(36)30-22-12-14-24(15-13-22)38-23-9-4-3-5-10-23/h3-6,8-15,18,26H,7,17,19-20H2,1-2H3,(H,30,36).